The minimum absolute atomic E-state index is 0.128. The summed E-state index contributed by atoms with van der Waals surface area (Å²) in [4.78, 5) is 24.1. The predicted octanol–water partition coefficient (Wildman–Crippen LogP) is 2.93. The molecule has 1 unspecified atom stereocenters. The number of benzene rings is 1. The van der Waals surface area contributed by atoms with Crippen molar-refractivity contribution in [1.29, 1.82) is 0 Å². The number of nitrogens with zero attached hydrogens (tertiary/aromatic N) is 4. The monoisotopic (exact) mass is 428 g/mol. The molecule has 1 aromatic carbocycles. The van der Waals surface area contributed by atoms with Crippen molar-refractivity contribution in [2.45, 2.75) is 38.9 Å². The normalized spacial score (nSPS) is 19.9. The molecule has 1 atom stereocenters. The van der Waals surface area contributed by atoms with Crippen LogP contribution in [0.1, 0.15) is 37.9 Å². The Morgan fingerprint density at radius 2 is 1.94 bits per heavy atom. The summed E-state index contributed by atoms with van der Waals surface area (Å²) in [5, 5.41) is 6.51. The Morgan fingerprint density at radius 3 is 2.58 bits per heavy atom. The highest BCUT2D eigenvalue weighted by Crippen LogP contribution is 2.30. The van der Waals surface area contributed by atoms with Gasteiger partial charge in [0.25, 0.3) is 0 Å². The maximum Gasteiger partial charge on any atom is 0.416 e. The number of anilines is 2. The zero-order valence-electron chi connectivity index (χ0n) is 18.2. The van der Waals surface area contributed by atoms with Crippen LogP contribution in [0, 0.1) is 5.95 Å². The molecule has 1 aromatic heterocycles. The minimum Gasteiger partial charge on any atom is -0.447 e. The first-order valence-electron chi connectivity index (χ1n) is 10.6. The lowest BCUT2D eigenvalue weighted by molar-refractivity contribution is 0.175. The van der Waals surface area contributed by atoms with Crippen LogP contribution in [0.5, 0.6) is 0 Å². The Labute approximate surface area is 181 Å². The van der Waals surface area contributed by atoms with Crippen molar-refractivity contribution in [3.63, 3.8) is 0 Å². The first-order valence-corrected chi connectivity index (χ1v) is 10.6. The van der Waals surface area contributed by atoms with Gasteiger partial charge in [-0.1, -0.05) is 24.3 Å². The average molecular weight is 429 g/mol. The van der Waals surface area contributed by atoms with Gasteiger partial charge in [0.2, 0.25) is 11.9 Å². The van der Waals surface area contributed by atoms with E-state index >= 15 is 0 Å². The van der Waals surface area contributed by atoms with Crippen molar-refractivity contribution < 1.29 is 13.9 Å². The maximum atomic E-state index is 14.2. The number of carbonyl (C=O) groups is 1. The number of aromatic nitrogens is 2. The third-order valence-corrected chi connectivity index (χ3v) is 5.69. The lowest BCUT2D eigenvalue weighted by Crippen LogP contribution is -2.42. The Bertz CT molecular complexity index is 930. The van der Waals surface area contributed by atoms with E-state index in [0.29, 0.717) is 0 Å². The van der Waals surface area contributed by atoms with Gasteiger partial charge in [0.05, 0.1) is 11.6 Å². The van der Waals surface area contributed by atoms with Gasteiger partial charge in [0, 0.05) is 38.8 Å². The molecule has 1 amide bonds. The molecule has 2 aromatic rings. The summed E-state index contributed by atoms with van der Waals surface area (Å²) >= 11 is 0. The van der Waals surface area contributed by atoms with Crippen LogP contribution in [0.2, 0.25) is 0 Å². The number of nitrogens with one attached hydrogen (secondary N) is 2. The molecule has 0 aliphatic carbocycles. The zero-order chi connectivity index (χ0) is 22.0. The molecule has 2 saturated heterocycles. The molecule has 4 rings (SSSR count). The van der Waals surface area contributed by atoms with Gasteiger partial charge in [-0.05, 0) is 31.9 Å². The number of halogens is 1. The second-order valence-electron chi connectivity index (χ2n) is 8.71. The topological polar surface area (TPSA) is 82.6 Å². The van der Waals surface area contributed by atoms with Gasteiger partial charge in [0.1, 0.15) is 12.4 Å². The van der Waals surface area contributed by atoms with Crippen LogP contribution < -0.4 is 15.5 Å². The Morgan fingerprint density at radius 1 is 1.23 bits per heavy atom. The molecule has 0 saturated carbocycles. The van der Waals surface area contributed by atoms with Crippen molar-refractivity contribution in [3.8, 4) is 0 Å². The summed E-state index contributed by atoms with van der Waals surface area (Å²) in [6.45, 7) is 11.0. The summed E-state index contributed by atoms with van der Waals surface area (Å²) in [5.74, 6) is -0.398. The van der Waals surface area contributed by atoms with E-state index in [2.05, 4.69) is 49.8 Å². The van der Waals surface area contributed by atoms with Crippen molar-refractivity contribution in [2.24, 2.45) is 0 Å². The average Bonchev–Trinajstić information content (AvgIpc) is 3.01. The minimum atomic E-state index is -0.707. The summed E-state index contributed by atoms with van der Waals surface area (Å²) in [7, 11) is 0. The van der Waals surface area contributed by atoms with Crippen molar-refractivity contribution in [3.05, 3.63) is 47.4 Å². The second-order valence-corrected chi connectivity index (χ2v) is 8.71. The lowest BCUT2D eigenvalue weighted by Gasteiger charge is -2.27. The highest BCUT2D eigenvalue weighted by Gasteiger charge is 2.42. The quantitative estimate of drug-likeness (QED) is 0.685. The molecule has 8 nitrogen and oxygen atoms in total. The fourth-order valence-electron chi connectivity index (χ4n) is 3.92. The van der Waals surface area contributed by atoms with Crippen LogP contribution in [0.4, 0.5) is 21.0 Å². The van der Waals surface area contributed by atoms with Crippen molar-refractivity contribution in [2.75, 3.05) is 43.0 Å². The number of carbonyl (C=O) groups excluding carboxylic acids is 1. The van der Waals surface area contributed by atoms with E-state index in [9.17, 15) is 9.18 Å². The highest BCUT2D eigenvalue weighted by atomic mass is 19.1. The van der Waals surface area contributed by atoms with E-state index < -0.39 is 17.6 Å². The van der Waals surface area contributed by atoms with E-state index in [1.54, 1.807) is 0 Å². The van der Waals surface area contributed by atoms with Crippen LogP contribution >= 0.6 is 0 Å². The van der Waals surface area contributed by atoms with Crippen LogP contribution in [0.15, 0.2) is 30.3 Å². The van der Waals surface area contributed by atoms with Gasteiger partial charge in [-0.25, -0.2) is 4.79 Å². The number of piperazine rings is 1. The van der Waals surface area contributed by atoms with Gasteiger partial charge in [-0.2, -0.15) is 14.4 Å². The highest BCUT2D eigenvalue weighted by molar-refractivity contribution is 5.90. The SMILES string of the molecule is CC(Nc1nc(F)cc(N2C(=O)OCC2(C)C)n1)c1ccc(CN2CCNCC2)cc1. The van der Waals surface area contributed by atoms with Gasteiger partial charge >= 0.3 is 6.09 Å². The Hall–Kier alpha value is -2.78. The summed E-state index contributed by atoms with van der Waals surface area (Å²) < 4.78 is 19.3. The zero-order valence-corrected chi connectivity index (χ0v) is 18.2. The van der Waals surface area contributed by atoms with Gasteiger partial charge in [0.15, 0.2) is 0 Å². The summed E-state index contributed by atoms with van der Waals surface area (Å²) in [6.07, 6.45) is -0.540. The van der Waals surface area contributed by atoms with E-state index in [1.807, 2.05) is 20.8 Å². The van der Waals surface area contributed by atoms with Crippen molar-refractivity contribution in [1.82, 2.24) is 20.2 Å². The molecule has 2 N–H and O–H groups in total. The van der Waals surface area contributed by atoms with Crippen LogP contribution in [0.3, 0.4) is 0 Å². The molecule has 31 heavy (non-hydrogen) atoms. The molecule has 3 heterocycles. The number of ether oxygens (including phenoxy) is 1. The fraction of sp³-hybridized carbons (Fsp3) is 0.500. The molecular weight excluding hydrogens is 399 g/mol. The van der Waals surface area contributed by atoms with E-state index in [1.165, 1.54) is 10.5 Å². The first kappa shape index (κ1) is 21.5. The summed E-state index contributed by atoms with van der Waals surface area (Å²) in [5.41, 5.74) is 1.69. The number of rotatable bonds is 6. The number of hydrogen-bond donors (Lipinski definition) is 2. The smallest absolute Gasteiger partial charge is 0.416 e. The fourth-order valence-corrected chi connectivity index (χ4v) is 3.92. The van der Waals surface area contributed by atoms with E-state index in [0.717, 1.165) is 44.4 Å². The lowest BCUT2D eigenvalue weighted by atomic mass is 10.1. The molecule has 166 valence electrons. The van der Waals surface area contributed by atoms with E-state index in [-0.39, 0.29) is 24.4 Å². The molecule has 0 spiro atoms. The standard InChI is InChI=1S/C22H29FN6O2/c1-15(17-6-4-16(5-7-17)13-28-10-8-24-9-11-28)25-20-26-18(23)12-19(27-20)29-21(30)31-14-22(29,2)3/h4-7,12,15,24H,8-11,13-14H2,1-3H3,(H,25,26,27). The third-order valence-electron chi connectivity index (χ3n) is 5.69. The molecule has 0 bridgehead atoms. The van der Waals surface area contributed by atoms with Crippen LogP contribution in [-0.4, -0.2) is 59.3 Å². The Kier molecular flexibility index (Phi) is 6.06. The van der Waals surface area contributed by atoms with Crippen LogP contribution in [0.25, 0.3) is 0 Å². The molecular formula is C22H29FN6O2. The molecule has 2 aliphatic rings. The van der Waals surface area contributed by atoms with Gasteiger partial charge in [-0.3, -0.25) is 9.80 Å². The maximum absolute atomic E-state index is 14.2. The van der Waals surface area contributed by atoms with Gasteiger partial charge in [-0.15, -0.1) is 0 Å². The number of hydrogen-bond acceptors (Lipinski definition) is 7. The molecule has 9 heteroatoms. The molecule has 2 aliphatic heterocycles. The predicted molar refractivity (Wildman–Crippen MR) is 117 cm³/mol. The van der Waals surface area contributed by atoms with Gasteiger partial charge < -0.3 is 15.4 Å². The first-order chi connectivity index (χ1) is 14.8. The number of amides is 1. The largest absolute Gasteiger partial charge is 0.447 e. The van der Waals surface area contributed by atoms with Crippen molar-refractivity contribution >= 4 is 17.9 Å². The second kappa shape index (κ2) is 8.76. The molecule has 2 fully saturated rings. The van der Waals surface area contributed by atoms with E-state index in [4.69, 9.17) is 4.74 Å². The summed E-state index contributed by atoms with van der Waals surface area (Å²) in [6, 6.07) is 9.38. The molecule has 0 radical (unpaired) electrons. The third kappa shape index (κ3) is 4.94. The van der Waals surface area contributed by atoms with Crippen LogP contribution in [-0.2, 0) is 11.3 Å². The number of cyclic esters (lactones) is 1. The Balaban J connectivity index is 1.45.